The van der Waals surface area contributed by atoms with Crippen LogP contribution in [0.3, 0.4) is 0 Å². The maximum absolute atomic E-state index is 5.41. The summed E-state index contributed by atoms with van der Waals surface area (Å²) in [5, 5.41) is 0. The van der Waals surface area contributed by atoms with Gasteiger partial charge in [0.05, 0.1) is 12.2 Å². The fraction of sp³-hybridized carbons (Fsp3) is 1.00. The molecule has 1 aliphatic heterocycles. The van der Waals surface area contributed by atoms with Crippen molar-refractivity contribution in [3.8, 4) is 0 Å². The van der Waals surface area contributed by atoms with Gasteiger partial charge in [-0.2, -0.15) is 0 Å². The zero-order valence-corrected chi connectivity index (χ0v) is 8.13. The predicted molar refractivity (Wildman–Crippen MR) is 47.6 cm³/mol. The molecule has 1 rings (SSSR count). The van der Waals surface area contributed by atoms with Crippen LogP contribution in [0, 0.1) is 11.8 Å². The molecule has 1 saturated heterocycles. The molecule has 0 aromatic rings. The van der Waals surface area contributed by atoms with Gasteiger partial charge in [-0.05, 0) is 25.2 Å². The summed E-state index contributed by atoms with van der Waals surface area (Å²) in [6.07, 6.45) is 3.78. The van der Waals surface area contributed by atoms with Gasteiger partial charge in [0.25, 0.3) is 0 Å². The van der Waals surface area contributed by atoms with E-state index in [-0.39, 0.29) is 0 Å². The van der Waals surface area contributed by atoms with Crippen LogP contribution in [-0.4, -0.2) is 12.2 Å². The lowest BCUT2D eigenvalue weighted by molar-refractivity contribution is 0.309. The Bertz CT molecular complexity index is 120. The Labute approximate surface area is 70.1 Å². The number of hydrogen-bond donors (Lipinski definition) is 0. The molecule has 1 nitrogen and oxygen atoms in total. The van der Waals surface area contributed by atoms with E-state index in [0.717, 1.165) is 11.8 Å². The lowest BCUT2D eigenvalue weighted by Gasteiger charge is -2.09. The second kappa shape index (κ2) is 3.57. The summed E-state index contributed by atoms with van der Waals surface area (Å²) >= 11 is 0. The van der Waals surface area contributed by atoms with Crippen molar-refractivity contribution in [1.29, 1.82) is 0 Å². The summed E-state index contributed by atoms with van der Waals surface area (Å²) < 4.78 is 5.41. The predicted octanol–water partition coefficient (Wildman–Crippen LogP) is 2.85. The minimum atomic E-state index is 0.539. The third-order valence-corrected chi connectivity index (χ3v) is 2.52. The average molecular weight is 156 g/mol. The highest BCUT2D eigenvalue weighted by Gasteiger charge is 2.38. The van der Waals surface area contributed by atoms with Gasteiger partial charge in [0, 0.05) is 0 Å². The summed E-state index contributed by atoms with van der Waals surface area (Å²) in [4.78, 5) is 0. The molecule has 66 valence electrons. The van der Waals surface area contributed by atoms with Crippen molar-refractivity contribution in [2.75, 3.05) is 0 Å². The molecule has 0 amide bonds. The summed E-state index contributed by atoms with van der Waals surface area (Å²) in [6.45, 7) is 9.03. The first kappa shape index (κ1) is 9.05. The third-order valence-electron chi connectivity index (χ3n) is 2.52. The highest BCUT2D eigenvalue weighted by Crippen LogP contribution is 2.31. The van der Waals surface area contributed by atoms with Crippen molar-refractivity contribution in [3.63, 3.8) is 0 Å². The van der Waals surface area contributed by atoms with Gasteiger partial charge in [0.1, 0.15) is 0 Å². The smallest absolute Gasteiger partial charge is 0.0864 e. The van der Waals surface area contributed by atoms with E-state index in [4.69, 9.17) is 4.74 Å². The van der Waals surface area contributed by atoms with E-state index < -0.39 is 0 Å². The quantitative estimate of drug-likeness (QED) is 0.570. The van der Waals surface area contributed by atoms with E-state index in [2.05, 4.69) is 27.7 Å². The number of rotatable bonds is 4. The molecule has 0 aromatic heterocycles. The summed E-state index contributed by atoms with van der Waals surface area (Å²) in [5.41, 5.74) is 0. The topological polar surface area (TPSA) is 12.5 Å². The molecule has 0 saturated carbocycles. The van der Waals surface area contributed by atoms with E-state index >= 15 is 0 Å². The molecule has 0 aromatic carbocycles. The SMILES string of the molecule is CC(C)CCC(C)C1OC1C. The second-order valence-corrected chi connectivity index (χ2v) is 4.25. The molecule has 0 radical (unpaired) electrons. The van der Waals surface area contributed by atoms with E-state index in [1.807, 2.05) is 0 Å². The van der Waals surface area contributed by atoms with Gasteiger partial charge in [0.2, 0.25) is 0 Å². The minimum absolute atomic E-state index is 0.539. The van der Waals surface area contributed by atoms with Crippen molar-refractivity contribution < 1.29 is 4.74 Å². The zero-order valence-electron chi connectivity index (χ0n) is 8.13. The third kappa shape index (κ3) is 2.82. The molecule has 1 heteroatoms. The Hall–Kier alpha value is -0.0400. The van der Waals surface area contributed by atoms with Gasteiger partial charge >= 0.3 is 0 Å². The Morgan fingerprint density at radius 3 is 2.09 bits per heavy atom. The Morgan fingerprint density at radius 2 is 1.73 bits per heavy atom. The molecule has 1 heterocycles. The van der Waals surface area contributed by atoms with E-state index in [0.29, 0.717) is 12.2 Å². The van der Waals surface area contributed by atoms with Gasteiger partial charge in [-0.25, -0.2) is 0 Å². The van der Waals surface area contributed by atoms with Crippen LogP contribution in [0.2, 0.25) is 0 Å². The summed E-state index contributed by atoms with van der Waals surface area (Å²) in [7, 11) is 0. The van der Waals surface area contributed by atoms with Crippen LogP contribution < -0.4 is 0 Å². The summed E-state index contributed by atoms with van der Waals surface area (Å²) in [5.74, 6) is 1.61. The van der Waals surface area contributed by atoms with Crippen LogP contribution >= 0.6 is 0 Å². The molecule has 11 heavy (non-hydrogen) atoms. The van der Waals surface area contributed by atoms with Gasteiger partial charge in [0.15, 0.2) is 0 Å². The standard InChI is InChI=1S/C10H20O/c1-7(2)5-6-8(3)10-9(4)11-10/h7-10H,5-6H2,1-4H3. The first-order chi connectivity index (χ1) is 5.11. The van der Waals surface area contributed by atoms with Crippen LogP contribution in [0.15, 0.2) is 0 Å². The lowest BCUT2D eigenvalue weighted by atomic mass is 9.96. The van der Waals surface area contributed by atoms with Crippen LogP contribution in [0.1, 0.15) is 40.5 Å². The molecular weight excluding hydrogens is 136 g/mol. The van der Waals surface area contributed by atoms with Crippen molar-refractivity contribution in [2.45, 2.75) is 52.7 Å². The molecular formula is C10H20O. The Morgan fingerprint density at radius 1 is 1.18 bits per heavy atom. The molecule has 3 atom stereocenters. The fourth-order valence-electron chi connectivity index (χ4n) is 1.56. The van der Waals surface area contributed by atoms with Crippen molar-refractivity contribution in [1.82, 2.24) is 0 Å². The molecule has 1 fully saturated rings. The average Bonchev–Trinajstić information content (AvgIpc) is 2.61. The van der Waals surface area contributed by atoms with Crippen LogP contribution in [0.5, 0.6) is 0 Å². The number of ether oxygens (including phenoxy) is 1. The lowest BCUT2D eigenvalue weighted by Crippen LogP contribution is -2.06. The maximum atomic E-state index is 5.41. The van der Waals surface area contributed by atoms with Crippen LogP contribution in [0.25, 0.3) is 0 Å². The fourth-order valence-corrected chi connectivity index (χ4v) is 1.56. The van der Waals surface area contributed by atoms with Gasteiger partial charge in [-0.1, -0.05) is 27.2 Å². The normalized spacial score (nSPS) is 32.5. The molecule has 0 spiro atoms. The Balaban J connectivity index is 2.07. The van der Waals surface area contributed by atoms with E-state index in [1.54, 1.807) is 0 Å². The van der Waals surface area contributed by atoms with Crippen LogP contribution in [-0.2, 0) is 4.74 Å². The minimum Gasteiger partial charge on any atom is -0.370 e. The van der Waals surface area contributed by atoms with Crippen molar-refractivity contribution in [3.05, 3.63) is 0 Å². The number of hydrogen-bond acceptors (Lipinski definition) is 1. The van der Waals surface area contributed by atoms with E-state index in [9.17, 15) is 0 Å². The number of epoxide rings is 1. The van der Waals surface area contributed by atoms with E-state index in [1.165, 1.54) is 12.8 Å². The van der Waals surface area contributed by atoms with Gasteiger partial charge in [-0.3, -0.25) is 0 Å². The van der Waals surface area contributed by atoms with Crippen LogP contribution in [0.4, 0.5) is 0 Å². The largest absolute Gasteiger partial charge is 0.370 e. The molecule has 0 aliphatic carbocycles. The molecule has 3 unspecified atom stereocenters. The second-order valence-electron chi connectivity index (χ2n) is 4.25. The first-order valence-electron chi connectivity index (χ1n) is 4.76. The van der Waals surface area contributed by atoms with Gasteiger partial charge < -0.3 is 4.74 Å². The monoisotopic (exact) mass is 156 g/mol. The highest BCUT2D eigenvalue weighted by atomic mass is 16.6. The maximum Gasteiger partial charge on any atom is 0.0864 e. The first-order valence-corrected chi connectivity index (χ1v) is 4.76. The molecule has 1 aliphatic rings. The Kier molecular flexibility index (Phi) is 2.94. The zero-order chi connectivity index (χ0) is 8.43. The summed E-state index contributed by atoms with van der Waals surface area (Å²) in [6, 6.07) is 0. The van der Waals surface area contributed by atoms with Gasteiger partial charge in [-0.15, -0.1) is 0 Å². The molecule has 0 bridgehead atoms. The highest BCUT2D eigenvalue weighted by molar-refractivity contribution is 4.84. The van der Waals surface area contributed by atoms with Crippen molar-refractivity contribution in [2.24, 2.45) is 11.8 Å². The van der Waals surface area contributed by atoms with Crippen molar-refractivity contribution >= 4 is 0 Å². The molecule has 0 N–H and O–H groups in total.